The molecule has 2 aromatic rings. The van der Waals surface area contributed by atoms with Crippen LogP contribution in [0.2, 0.25) is 0 Å². The first-order valence-electron chi connectivity index (χ1n) is 8.83. The summed E-state index contributed by atoms with van der Waals surface area (Å²) in [7, 11) is 0. The van der Waals surface area contributed by atoms with E-state index in [4.69, 9.17) is 0 Å². The molecular formula is C21H23FN2O2. The second-order valence-corrected chi connectivity index (χ2v) is 6.74. The van der Waals surface area contributed by atoms with Crippen molar-refractivity contribution in [3.05, 3.63) is 70.5 Å². The van der Waals surface area contributed by atoms with Gasteiger partial charge in [-0.25, -0.2) is 4.39 Å². The van der Waals surface area contributed by atoms with Crippen molar-refractivity contribution in [3.63, 3.8) is 0 Å². The van der Waals surface area contributed by atoms with Gasteiger partial charge in [-0.15, -0.1) is 0 Å². The zero-order valence-corrected chi connectivity index (χ0v) is 15.2. The van der Waals surface area contributed by atoms with Crippen molar-refractivity contribution in [3.8, 4) is 0 Å². The zero-order chi connectivity index (χ0) is 18.7. The Balaban J connectivity index is 1.58. The lowest BCUT2D eigenvalue weighted by Gasteiger charge is -2.35. The highest BCUT2D eigenvalue weighted by Crippen LogP contribution is 2.15. The smallest absolute Gasteiger partial charge is 0.253 e. The predicted octanol–water partition coefficient (Wildman–Crippen LogP) is 2.97. The Kier molecular flexibility index (Phi) is 5.35. The first kappa shape index (κ1) is 18.1. The van der Waals surface area contributed by atoms with E-state index in [1.165, 1.54) is 6.07 Å². The summed E-state index contributed by atoms with van der Waals surface area (Å²) in [4.78, 5) is 28.5. The minimum atomic E-state index is -0.357. The van der Waals surface area contributed by atoms with Crippen LogP contribution in [0.1, 0.15) is 27.0 Å². The third kappa shape index (κ3) is 3.93. The van der Waals surface area contributed by atoms with Crippen LogP contribution < -0.4 is 0 Å². The van der Waals surface area contributed by atoms with E-state index in [1.54, 1.807) is 28.0 Å². The normalized spacial score (nSPS) is 14.4. The summed E-state index contributed by atoms with van der Waals surface area (Å²) in [5, 5.41) is 0. The average molecular weight is 354 g/mol. The Hall–Kier alpha value is -2.69. The van der Waals surface area contributed by atoms with Gasteiger partial charge in [0.15, 0.2) is 0 Å². The zero-order valence-electron chi connectivity index (χ0n) is 15.2. The lowest BCUT2D eigenvalue weighted by Crippen LogP contribution is -2.51. The number of benzene rings is 2. The monoisotopic (exact) mass is 354 g/mol. The minimum Gasteiger partial charge on any atom is -0.339 e. The number of hydrogen-bond donors (Lipinski definition) is 0. The molecule has 0 aliphatic carbocycles. The Morgan fingerprint density at radius 1 is 0.923 bits per heavy atom. The number of rotatable bonds is 3. The third-order valence-corrected chi connectivity index (χ3v) is 4.97. The number of aryl methyl sites for hydroxylation is 2. The summed E-state index contributed by atoms with van der Waals surface area (Å²) in [5.74, 6) is -0.466. The molecule has 1 heterocycles. The Morgan fingerprint density at radius 3 is 2.23 bits per heavy atom. The summed E-state index contributed by atoms with van der Waals surface area (Å²) >= 11 is 0. The number of hydrogen-bond acceptors (Lipinski definition) is 2. The predicted molar refractivity (Wildman–Crippen MR) is 98.5 cm³/mol. The fourth-order valence-electron chi connectivity index (χ4n) is 3.13. The number of nitrogens with zero attached hydrogens (tertiary/aromatic N) is 2. The van der Waals surface area contributed by atoms with Crippen molar-refractivity contribution in [2.45, 2.75) is 20.3 Å². The van der Waals surface area contributed by atoms with E-state index in [0.717, 1.165) is 11.1 Å². The summed E-state index contributed by atoms with van der Waals surface area (Å²) < 4.78 is 13.7. The fraction of sp³-hybridized carbons (Fsp3) is 0.333. The molecule has 26 heavy (non-hydrogen) atoms. The minimum absolute atomic E-state index is 0.00528. The number of carbonyl (C=O) groups excluding carboxylic acids is 2. The van der Waals surface area contributed by atoms with E-state index in [1.807, 2.05) is 32.0 Å². The molecule has 136 valence electrons. The highest BCUT2D eigenvalue weighted by atomic mass is 19.1. The van der Waals surface area contributed by atoms with E-state index in [9.17, 15) is 14.0 Å². The molecule has 0 unspecified atom stereocenters. The van der Waals surface area contributed by atoms with Crippen molar-refractivity contribution >= 4 is 11.8 Å². The quantitative estimate of drug-likeness (QED) is 0.850. The van der Waals surface area contributed by atoms with Crippen LogP contribution in [0.3, 0.4) is 0 Å². The highest BCUT2D eigenvalue weighted by molar-refractivity contribution is 5.94. The maximum Gasteiger partial charge on any atom is 0.253 e. The van der Waals surface area contributed by atoms with Crippen molar-refractivity contribution in [1.82, 2.24) is 9.80 Å². The summed E-state index contributed by atoms with van der Waals surface area (Å²) in [5.41, 5.74) is 3.34. The van der Waals surface area contributed by atoms with Gasteiger partial charge in [0.25, 0.3) is 5.91 Å². The fourth-order valence-corrected chi connectivity index (χ4v) is 3.13. The molecule has 0 spiro atoms. The summed E-state index contributed by atoms with van der Waals surface area (Å²) in [6.07, 6.45) is 0.0533. The van der Waals surface area contributed by atoms with Gasteiger partial charge < -0.3 is 9.80 Å². The molecule has 0 saturated carbocycles. The molecule has 0 bridgehead atoms. The molecule has 1 aliphatic heterocycles. The molecule has 0 radical (unpaired) electrons. The van der Waals surface area contributed by atoms with Crippen molar-refractivity contribution in [1.29, 1.82) is 0 Å². The molecule has 1 saturated heterocycles. The van der Waals surface area contributed by atoms with E-state index < -0.39 is 0 Å². The molecule has 0 N–H and O–H groups in total. The van der Waals surface area contributed by atoms with Crippen LogP contribution in [-0.2, 0) is 11.2 Å². The maximum absolute atomic E-state index is 13.7. The molecule has 1 aliphatic rings. The first-order valence-corrected chi connectivity index (χ1v) is 8.83. The van der Waals surface area contributed by atoms with E-state index in [2.05, 4.69) is 0 Å². The van der Waals surface area contributed by atoms with Gasteiger partial charge in [-0.05, 0) is 48.7 Å². The van der Waals surface area contributed by atoms with Crippen molar-refractivity contribution < 1.29 is 14.0 Å². The van der Waals surface area contributed by atoms with Gasteiger partial charge >= 0.3 is 0 Å². The largest absolute Gasteiger partial charge is 0.339 e. The van der Waals surface area contributed by atoms with Gasteiger partial charge in [-0.2, -0.15) is 0 Å². The van der Waals surface area contributed by atoms with Crippen LogP contribution in [0, 0.1) is 19.7 Å². The van der Waals surface area contributed by atoms with Gasteiger partial charge in [0.05, 0.1) is 6.42 Å². The number of piperazine rings is 1. The van der Waals surface area contributed by atoms with Gasteiger partial charge in [0.1, 0.15) is 5.82 Å². The summed E-state index contributed by atoms with van der Waals surface area (Å²) in [6, 6.07) is 12.0. The Labute approximate surface area is 153 Å². The number of amides is 2. The lowest BCUT2D eigenvalue weighted by atomic mass is 10.1. The molecular weight excluding hydrogens is 331 g/mol. The topological polar surface area (TPSA) is 40.6 Å². The first-order chi connectivity index (χ1) is 12.5. The van der Waals surface area contributed by atoms with Crippen molar-refractivity contribution in [2.75, 3.05) is 26.2 Å². The van der Waals surface area contributed by atoms with Gasteiger partial charge in [0.2, 0.25) is 5.91 Å². The average Bonchev–Trinajstić information content (AvgIpc) is 2.65. The second kappa shape index (κ2) is 7.68. The van der Waals surface area contributed by atoms with Gasteiger partial charge in [-0.3, -0.25) is 9.59 Å². The Morgan fingerprint density at radius 2 is 1.58 bits per heavy atom. The molecule has 5 heteroatoms. The molecule has 2 amide bonds. The van der Waals surface area contributed by atoms with Crippen LogP contribution in [-0.4, -0.2) is 47.8 Å². The van der Waals surface area contributed by atoms with Crippen LogP contribution in [0.15, 0.2) is 42.5 Å². The summed E-state index contributed by atoms with van der Waals surface area (Å²) in [6.45, 7) is 5.95. The van der Waals surface area contributed by atoms with Crippen LogP contribution in [0.4, 0.5) is 4.39 Å². The second-order valence-electron chi connectivity index (χ2n) is 6.74. The van der Waals surface area contributed by atoms with Gasteiger partial charge in [-0.1, -0.05) is 24.3 Å². The number of carbonyl (C=O) groups is 2. The van der Waals surface area contributed by atoms with Crippen molar-refractivity contribution in [2.24, 2.45) is 0 Å². The lowest BCUT2D eigenvalue weighted by molar-refractivity contribution is -0.132. The molecule has 1 fully saturated rings. The molecule has 2 aromatic carbocycles. The molecule has 4 nitrogen and oxygen atoms in total. The standard InChI is InChI=1S/C21H23FN2O2/c1-15-7-8-18(13-16(15)2)21(26)24-11-9-23(10-12-24)20(25)14-17-5-3-4-6-19(17)22/h3-8,13H,9-12,14H2,1-2H3. The van der Waals surface area contributed by atoms with E-state index in [0.29, 0.717) is 37.3 Å². The molecule has 3 rings (SSSR count). The van der Waals surface area contributed by atoms with Crippen LogP contribution >= 0.6 is 0 Å². The molecule has 0 atom stereocenters. The highest BCUT2D eigenvalue weighted by Gasteiger charge is 2.25. The van der Waals surface area contributed by atoms with Gasteiger partial charge in [0, 0.05) is 31.7 Å². The van der Waals surface area contributed by atoms with Crippen LogP contribution in [0.5, 0.6) is 0 Å². The SMILES string of the molecule is Cc1ccc(C(=O)N2CCN(C(=O)Cc3ccccc3F)CC2)cc1C. The maximum atomic E-state index is 13.7. The third-order valence-electron chi connectivity index (χ3n) is 4.97. The number of halogens is 1. The van der Waals surface area contributed by atoms with Crippen LogP contribution in [0.25, 0.3) is 0 Å². The Bertz CT molecular complexity index is 827. The molecule has 0 aromatic heterocycles. The van der Waals surface area contributed by atoms with E-state index in [-0.39, 0.29) is 24.1 Å². The van der Waals surface area contributed by atoms with E-state index >= 15 is 0 Å².